The van der Waals surface area contributed by atoms with Gasteiger partial charge in [0.1, 0.15) is 5.76 Å². The molecule has 0 unspecified atom stereocenters. The average Bonchev–Trinajstić information content (AvgIpc) is 2.91. The minimum Gasteiger partial charge on any atom is -0.361 e. The van der Waals surface area contributed by atoms with Crippen LogP contribution in [0.4, 0.5) is 5.82 Å². The summed E-state index contributed by atoms with van der Waals surface area (Å²) in [7, 11) is 2.16. The van der Waals surface area contributed by atoms with E-state index in [9.17, 15) is 0 Å². The lowest BCUT2D eigenvalue weighted by Gasteiger charge is -2.44. The summed E-state index contributed by atoms with van der Waals surface area (Å²) in [4.78, 5) is 4.69. The zero-order valence-electron chi connectivity index (χ0n) is 13.8. The van der Waals surface area contributed by atoms with E-state index in [2.05, 4.69) is 38.3 Å². The Kier molecular flexibility index (Phi) is 3.77. The van der Waals surface area contributed by atoms with Gasteiger partial charge in [-0.25, -0.2) is 0 Å². The maximum Gasteiger partial charge on any atom is 0.151 e. The van der Waals surface area contributed by atoms with Crippen molar-refractivity contribution in [1.29, 1.82) is 0 Å². The van der Waals surface area contributed by atoms with Crippen molar-refractivity contribution in [1.82, 2.24) is 20.3 Å². The SMILES string of the molecule is Cc1oncc1CN(C)C1CN(c2cc3c(nn2)CCCC3)C1. The summed E-state index contributed by atoms with van der Waals surface area (Å²) in [6.45, 7) is 4.86. The van der Waals surface area contributed by atoms with Crippen molar-refractivity contribution in [2.24, 2.45) is 0 Å². The predicted octanol–water partition coefficient (Wildman–Crippen LogP) is 1.97. The molecule has 1 aliphatic carbocycles. The summed E-state index contributed by atoms with van der Waals surface area (Å²) >= 11 is 0. The van der Waals surface area contributed by atoms with Crippen LogP contribution in [-0.4, -0.2) is 46.4 Å². The number of fused-ring (bicyclic) bond motifs is 1. The number of aryl methyl sites for hydroxylation is 3. The second kappa shape index (κ2) is 5.92. The Balaban J connectivity index is 1.36. The van der Waals surface area contributed by atoms with E-state index in [1.807, 2.05) is 13.1 Å². The topological polar surface area (TPSA) is 58.3 Å². The normalized spacial score (nSPS) is 18.1. The van der Waals surface area contributed by atoms with Crippen LogP contribution in [0, 0.1) is 6.92 Å². The van der Waals surface area contributed by atoms with Crippen LogP contribution in [0.25, 0.3) is 0 Å². The van der Waals surface area contributed by atoms with Gasteiger partial charge in [-0.2, -0.15) is 5.10 Å². The first kappa shape index (κ1) is 14.6. The molecule has 0 atom stereocenters. The maximum absolute atomic E-state index is 5.13. The Morgan fingerprint density at radius 3 is 2.87 bits per heavy atom. The van der Waals surface area contributed by atoms with E-state index in [4.69, 9.17) is 4.52 Å². The molecular formula is C17H23N5O. The molecule has 0 radical (unpaired) electrons. The van der Waals surface area contributed by atoms with Crippen molar-refractivity contribution in [3.8, 4) is 0 Å². The van der Waals surface area contributed by atoms with Crippen LogP contribution in [0.1, 0.15) is 35.4 Å². The van der Waals surface area contributed by atoms with E-state index in [0.717, 1.165) is 44.1 Å². The quantitative estimate of drug-likeness (QED) is 0.860. The molecule has 6 nitrogen and oxygen atoms in total. The highest BCUT2D eigenvalue weighted by atomic mass is 16.5. The molecular weight excluding hydrogens is 290 g/mol. The van der Waals surface area contributed by atoms with Gasteiger partial charge in [0.05, 0.1) is 11.9 Å². The average molecular weight is 313 g/mol. The Labute approximate surface area is 136 Å². The van der Waals surface area contributed by atoms with Crippen molar-refractivity contribution >= 4 is 5.82 Å². The number of anilines is 1. The van der Waals surface area contributed by atoms with Crippen LogP contribution in [0.15, 0.2) is 16.8 Å². The minimum atomic E-state index is 0.544. The molecule has 0 bridgehead atoms. The third-order valence-electron chi connectivity index (χ3n) is 5.14. The Hall–Kier alpha value is -1.95. The maximum atomic E-state index is 5.13. The van der Waals surface area contributed by atoms with Gasteiger partial charge >= 0.3 is 0 Å². The van der Waals surface area contributed by atoms with Crippen LogP contribution in [0.3, 0.4) is 0 Å². The fourth-order valence-electron chi connectivity index (χ4n) is 3.42. The third kappa shape index (κ3) is 2.83. The van der Waals surface area contributed by atoms with Gasteiger partial charge < -0.3 is 9.42 Å². The third-order valence-corrected chi connectivity index (χ3v) is 5.14. The van der Waals surface area contributed by atoms with Crippen molar-refractivity contribution in [3.05, 3.63) is 34.8 Å². The van der Waals surface area contributed by atoms with Gasteiger partial charge in [0.2, 0.25) is 0 Å². The van der Waals surface area contributed by atoms with Crippen molar-refractivity contribution in [2.45, 2.75) is 45.2 Å². The van der Waals surface area contributed by atoms with Crippen LogP contribution in [0.2, 0.25) is 0 Å². The Bertz CT molecular complexity index is 692. The molecule has 2 aromatic rings. The van der Waals surface area contributed by atoms with E-state index in [-0.39, 0.29) is 0 Å². The van der Waals surface area contributed by atoms with E-state index in [0.29, 0.717) is 6.04 Å². The standard InChI is InChI=1S/C17H23N5O/c1-12-14(8-18-23-12)9-21(2)15-10-22(11-15)17-7-13-5-3-4-6-16(13)19-20-17/h7-8,15H,3-6,9-11H2,1-2H3. The first-order valence-corrected chi connectivity index (χ1v) is 8.41. The molecule has 1 fully saturated rings. The Morgan fingerprint density at radius 2 is 2.09 bits per heavy atom. The molecule has 0 saturated carbocycles. The number of hydrogen-bond donors (Lipinski definition) is 0. The molecule has 2 aromatic heterocycles. The zero-order valence-corrected chi connectivity index (χ0v) is 13.8. The minimum absolute atomic E-state index is 0.544. The summed E-state index contributed by atoms with van der Waals surface area (Å²) in [6.07, 6.45) is 6.59. The molecule has 0 spiro atoms. The summed E-state index contributed by atoms with van der Waals surface area (Å²) in [5.41, 5.74) is 3.77. The monoisotopic (exact) mass is 313 g/mol. The van der Waals surface area contributed by atoms with Gasteiger partial charge in [-0.05, 0) is 51.3 Å². The molecule has 4 rings (SSSR count). The highest BCUT2D eigenvalue weighted by molar-refractivity contribution is 5.45. The Morgan fingerprint density at radius 1 is 1.26 bits per heavy atom. The van der Waals surface area contributed by atoms with Gasteiger partial charge in [-0.15, -0.1) is 5.10 Å². The largest absolute Gasteiger partial charge is 0.361 e. The second-order valence-electron chi connectivity index (χ2n) is 6.76. The summed E-state index contributed by atoms with van der Waals surface area (Å²) < 4.78 is 5.13. The molecule has 6 heteroatoms. The lowest BCUT2D eigenvalue weighted by Crippen LogP contribution is -2.58. The van der Waals surface area contributed by atoms with Gasteiger partial charge in [0, 0.05) is 31.2 Å². The van der Waals surface area contributed by atoms with Gasteiger partial charge in [0.25, 0.3) is 0 Å². The first-order valence-electron chi connectivity index (χ1n) is 8.41. The van der Waals surface area contributed by atoms with E-state index in [1.54, 1.807) is 0 Å². The summed E-state index contributed by atoms with van der Waals surface area (Å²) in [5, 5.41) is 12.7. The molecule has 1 aliphatic heterocycles. The van der Waals surface area contributed by atoms with E-state index < -0.39 is 0 Å². The van der Waals surface area contributed by atoms with Crippen LogP contribution >= 0.6 is 0 Å². The fourth-order valence-corrected chi connectivity index (χ4v) is 3.42. The van der Waals surface area contributed by atoms with E-state index >= 15 is 0 Å². The van der Waals surface area contributed by atoms with Crippen molar-refractivity contribution in [2.75, 3.05) is 25.0 Å². The highest BCUT2D eigenvalue weighted by Crippen LogP contribution is 2.26. The number of hydrogen-bond acceptors (Lipinski definition) is 6. The predicted molar refractivity (Wildman–Crippen MR) is 87.4 cm³/mol. The highest BCUT2D eigenvalue weighted by Gasteiger charge is 2.32. The molecule has 122 valence electrons. The van der Waals surface area contributed by atoms with Crippen molar-refractivity contribution in [3.63, 3.8) is 0 Å². The molecule has 3 heterocycles. The summed E-state index contributed by atoms with van der Waals surface area (Å²) in [6, 6.07) is 2.80. The van der Waals surface area contributed by atoms with Crippen LogP contribution < -0.4 is 4.90 Å². The number of rotatable bonds is 4. The lowest BCUT2D eigenvalue weighted by molar-refractivity contribution is 0.195. The van der Waals surface area contributed by atoms with E-state index in [1.165, 1.54) is 29.7 Å². The fraction of sp³-hybridized carbons (Fsp3) is 0.588. The van der Waals surface area contributed by atoms with Crippen LogP contribution in [-0.2, 0) is 19.4 Å². The number of aromatic nitrogens is 3. The number of nitrogens with zero attached hydrogens (tertiary/aromatic N) is 5. The van der Waals surface area contributed by atoms with Crippen molar-refractivity contribution < 1.29 is 4.52 Å². The molecule has 1 saturated heterocycles. The first-order chi connectivity index (χ1) is 11.2. The van der Waals surface area contributed by atoms with Gasteiger partial charge in [-0.1, -0.05) is 5.16 Å². The molecule has 23 heavy (non-hydrogen) atoms. The van der Waals surface area contributed by atoms with Gasteiger partial charge in [0.15, 0.2) is 5.82 Å². The molecule has 0 aromatic carbocycles. The second-order valence-corrected chi connectivity index (χ2v) is 6.76. The molecule has 0 amide bonds. The summed E-state index contributed by atoms with van der Waals surface area (Å²) in [5.74, 6) is 1.95. The number of likely N-dealkylation sites (N-methyl/N-ethyl adjacent to an activating group) is 1. The molecule has 2 aliphatic rings. The van der Waals surface area contributed by atoms with Gasteiger partial charge in [-0.3, -0.25) is 4.90 Å². The smallest absolute Gasteiger partial charge is 0.151 e. The molecule has 0 N–H and O–H groups in total. The lowest BCUT2D eigenvalue weighted by atomic mass is 9.96. The van der Waals surface area contributed by atoms with Crippen LogP contribution in [0.5, 0.6) is 0 Å². The zero-order chi connectivity index (χ0) is 15.8.